The molecule has 9 heteroatoms. The summed E-state index contributed by atoms with van der Waals surface area (Å²) in [5.74, 6) is 0.411. The van der Waals surface area contributed by atoms with Crippen molar-refractivity contribution < 1.29 is 19.2 Å². The van der Waals surface area contributed by atoms with Crippen molar-refractivity contribution >= 4 is 38.3 Å². The quantitative estimate of drug-likeness (QED) is 0.409. The van der Waals surface area contributed by atoms with E-state index in [0.717, 1.165) is 28.8 Å². The second-order valence-corrected chi connectivity index (χ2v) is 7.93. The lowest BCUT2D eigenvalue weighted by molar-refractivity contribution is -0.384. The Bertz CT molecular complexity index is 1080. The molecular formula is C21H21N3O5S. The molecular weight excluding hydrogens is 406 g/mol. The summed E-state index contributed by atoms with van der Waals surface area (Å²) >= 11 is 1.39. The van der Waals surface area contributed by atoms with Crippen LogP contribution in [-0.2, 0) is 4.74 Å². The molecule has 2 heterocycles. The number of carbonyl (C=O) groups excluding carboxylic acids is 1. The minimum Gasteiger partial charge on any atom is -0.494 e. The van der Waals surface area contributed by atoms with Crippen LogP contribution < -0.4 is 9.64 Å². The fourth-order valence-electron chi connectivity index (χ4n) is 3.41. The van der Waals surface area contributed by atoms with Crippen LogP contribution in [0.2, 0.25) is 0 Å². The third-order valence-electron chi connectivity index (χ3n) is 4.85. The van der Waals surface area contributed by atoms with Crippen molar-refractivity contribution in [1.29, 1.82) is 0 Å². The van der Waals surface area contributed by atoms with Crippen molar-refractivity contribution in [3.05, 3.63) is 58.1 Å². The van der Waals surface area contributed by atoms with E-state index in [1.165, 1.54) is 29.5 Å². The van der Waals surface area contributed by atoms with Gasteiger partial charge in [-0.1, -0.05) is 17.4 Å². The van der Waals surface area contributed by atoms with Crippen LogP contribution in [0.4, 0.5) is 10.8 Å². The van der Waals surface area contributed by atoms with Crippen LogP contribution in [0.15, 0.2) is 42.5 Å². The summed E-state index contributed by atoms with van der Waals surface area (Å²) in [5, 5.41) is 11.7. The number of nitro groups is 1. The number of anilines is 1. The number of hydrogen-bond acceptors (Lipinski definition) is 7. The van der Waals surface area contributed by atoms with Gasteiger partial charge in [-0.05, 0) is 44.0 Å². The molecule has 1 aliphatic heterocycles. The van der Waals surface area contributed by atoms with Crippen LogP contribution in [0.3, 0.4) is 0 Å². The van der Waals surface area contributed by atoms with Gasteiger partial charge >= 0.3 is 0 Å². The SMILES string of the molecule is CCOc1ccc2nc(N(CC3CCCO3)C(=O)c3cccc([N+](=O)[O-])c3)sc2c1. The number of thiazole rings is 1. The van der Waals surface area contributed by atoms with Crippen molar-refractivity contribution in [3.8, 4) is 5.75 Å². The summed E-state index contributed by atoms with van der Waals surface area (Å²) in [5.41, 5.74) is 0.891. The van der Waals surface area contributed by atoms with Gasteiger partial charge in [0.05, 0.1) is 34.4 Å². The summed E-state index contributed by atoms with van der Waals surface area (Å²) < 4.78 is 12.2. The van der Waals surface area contributed by atoms with E-state index in [4.69, 9.17) is 9.47 Å². The van der Waals surface area contributed by atoms with Gasteiger partial charge in [0.2, 0.25) is 0 Å². The fraction of sp³-hybridized carbons (Fsp3) is 0.333. The Morgan fingerprint density at radius 3 is 2.97 bits per heavy atom. The Hall–Kier alpha value is -3.04. The lowest BCUT2D eigenvalue weighted by atomic mass is 10.1. The minimum absolute atomic E-state index is 0.0846. The molecule has 156 valence electrons. The predicted octanol–water partition coefficient (Wildman–Crippen LogP) is 4.43. The number of non-ortho nitro benzene ring substituents is 1. The van der Waals surface area contributed by atoms with E-state index in [-0.39, 0.29) is 23.3 Å². The maximum Gasteiger partial charge on any atom is 0.270 e. The van der Waals surface area contributed by atoms with Crippen molar-refractivity contribution in [2.45, 2.75) is 25.9 Å². The smallest absolute Gasteiger partial charge is 0.270 e. The highest BCUT2D eigenvalue weighted by Crippen LogP contribution is 2.33. The normalized spacial score (nSPS) is 16.0. The zero-order chi connectivity index (χ0) is 21.1. The molecule has 1 amide bonds. The first kappa shape index (κ1) is 20.2. The van der Waals surface area contributed by atoms with Crippen LogP contribution >= 0.6 is 11.3 Å². The molecule has 1 fully saturated rings. The van der Waals surface area contributed by atoms with Gasteiger partial charge < -0.3 is 9.47 Å². The predicted molar refractivity (Wildman–Crippen MR) is 115 cm³/mol. The molecule has 0 radical (unpaired) electrons. The second kappa shape index (κ2) is 8.76. The topological polar surface area (TPSA) is 94.8 Å². The summed E-state index contributed by atoms with van der Waals surface area (Å²) in [7, 11) is 0. The molecule has 2 aromatic carbocycles. The Morgan fingerprint density at radius 1 is 1.37 bits per heavy atom. The Labute approximate surface area is 177 Å². The number of ether oxygens (including phenoxy) is 2. The van der Waals surface area contributed by atoms with Gasteiger partial charge in [0, 0.05) is 24.3 Å². The average Bonchev–Trinajstić information content (AvgIpc) is 3.41. The first-order chi connectivity index (χ1) is 14.5. The van der Waals surface area contributed by atoms with Crippen LogP contribution in [0, 0.1) is 10.1 Å². The first-order valence-electron chi connectivity index (χ1n) is 9.76. The summed E-state index contributed by atoms with van der Waals surface area (Å²) in [6.45, 7) is 3.50. The van der Waals surface area contributed by atoms with Crippen LogP contribution in [0.1, 0.15) is 30.1 Å². The highest BCUT2D eigenvalue weighted by molar-refractivity contribution is 7.22. The van der Waals surface area contributed by atoms with E-state index in [1.54, 1.807) is 11.0 Å². The molecule has 1 atom stereocenters. The maximum absolute atomic E-state index is 13.3. The summed E-state index contributed by atoms with van der Waals surface area (Å²) in [6, 6.07) is 11.4. The van der Waals surface area contributed by atoms with Crippen LogP contribution in [0.5, 0.6) is 5.75 Å². The van der Waals surface area contributed by atoms with E-state index >= 15 is 0 Å². The molecule has 8 nitrogen and oxygen atoms in total. The third-order valence-corrected chi connectivity index (χ3v) is 5.89. The fourth-order valence-corrected chi connectivity index (χ4v) is 4.41. The zero-order valence-electron chi connectivity index (χ0n) is 16.4. The lowest BCUT2D eigenvalue weighted by Gasteiger charge is -2.23. The zero-order valence-corrected chi connectivity index (χ0v) is 17.3. The molecule has 3 aromatic rings. The van der Waals surface area contributed by atoms with Crippen molar-refractivity contribution in [2.75, 3.05) is 24.7 Å². The van der Waals surface area contributed by atoms with Crippen molar-refractivity contribution in [2.24, 2.45) is 0 Å². The molecule has 0 saturated carbocycles. The number of amides is 1. The second-order valence-electron chi connectivity index (χ2n) is 6.92. The van der Waals surface area contributed by atoms with E-state index in [2.05, 4.69) is 4.98 Å². The molecule has 0 aliphatic carbocycles. The number of nitrogens with zero attached hydrogens (tertiary/aromatic N) is 3. The summed E-state index contributed by atoms with van der Waals surface area (Å²) in [4.78, 5) is 30.2. The van der Waals surface area contributed by atoms with Crippen LogP contribution in [0.25, 0.3) is 10.2 Å². The number of benzene rings is 2. The lowest BCUT2D eigenvalue weighted by Crippen LogP contribution is -2.37. The Kier molecular flexibility index (Phi) is 5.91. The van der Waals surface area contributed by atoms with Gasteiger partial charge in [0.25, 0.3) is 11.6 Å². The van der Waals surface area contributed by atoms with E-state index < -0.39 is 4.92 Å². The van der Waals surface area contributed by atoms with Crippen molar-refractivity contribution in [1.82, 2.24) is 4.98 Å². The highest BCUT2D eigenvalue weighted by atomic mass is 32.1. The van der Waals surface area contributed by atoms with E-state index in [0.29, 0.717) is 24.9 Å². The van der Waals surface area contributed by atoms with Gasteiger partial charge in [-0.25, -0.2) is 4.98 Å². The standard InChI is InChI=1S/C21H21N3O5S/c1-2-28-16-8-9-18-19(12-16)30-21(22-18)23(13-17-7-4-10-29-17)20(25)14-5-3-6-15(11-14)24(26)27/h3,5-6,8-9,11-12,17H,2,4,7,10,13H2,1H3. The number of fused-ring (bicyclic) bond motifs is 1. The molecule has 0 spiro atoms. The third kappa shape index (κ3) is 4.27. The number of carbonyl (C=O) groups is 1. The molecule has 1 saturated heterocycles. The molecule has 4 rings (SSSR count). The van der Waals surface area contributed by atoms with Gasteiger partial charge in [-0.3, -0.25) is 19.8 Å². The summed E-state index contributed by atoms with van der Waals surface area (Å²) in [6.07, 6.45) is 1.72. The molecule has 1 unspecified atom stereocenters. The minimum atomic E-state index is -0.506. The van der Waals surface area contributed by atoms with Gasteiger partial charge in [0.15, 0.2) is 5.13 Å². The molecule has 30 heavy (non-hydrogen) atoms. The first-order valence-corrected chi connectivity index (χ1v) is 10.6. The Balaban J connectivity index is 1.70. The molecule has 0 bridgehead atoms. The number of aromatic nitrogens is 1. The number of hydrogen-bond donors (Lipinski definition) is 0. The average molecular weight is 427 g/mol. The largest absolute Gasteiger partial charge is 0.494 e. The molecule has 0 N–H and O–H groups in total. The number of nitro benzene ring substituents is 1. The molecule has 1 aliphatic rings. The van der Waals surface area contributed by atoms with E-state index in [1.807, 2.05) is 25.1 Å². The van der Waals surface area contributed by atoms with Crippen molar-refractivity contribution in [3.63, 3.8) is 0 Å². The maximum atomic E-state index is 13.3. The monoisotopic (exact) mass is 427 g/mol. The van der Waals surface area contributed by atoms with Gasteiger partial charge in [-0.2, -0.15) is 0 Å². The van der Waals surface area contributed by atoms with E-state index in [9.17, 15) is 14.9 Å². The van der Waals surface area contributed by atoms with Crippen LogP contribution in [-0.4, -0.2) is 41.7 Å². The van der Waals surface area contributed by atoms with Gasteiger partial charge in [-0.15, -0.1) is 0 Å². The number of rotatable bonds is 7. The molecule has 1 aromatic heterocycles. The highest BCUT2D eigenvalue weighted by Gasteiger charge is 2.28. The van der Waals surface area contributed by atoms with Gasteiger partial charge in [0.1, 0.15) is 5.75 Å². The Morgan fingerprint density at radius 2 is 2.23 bits per heavy atom.